The van der Waals surface area contributed by atoms with E-state index in [1.54, 1.807) is 12.3 Å². The van der Waals surface area contributed by atoms with Gasteiger partial charge in [0, 0.05) is 15.4 Å². The van der Waals surface area contributed by atoms with Gasteiger partial charge in [-0.15, -0.1) is 0 Å². The van der Waals surface area contributed by atoms with Crippen LogP contribution in [0.1, 0.15) is 25.8 Å². The number of hydrogen-bond donors (Lipinski definition) is 0. The van der Waals surface area contributed by atoms with E-state index < -0.39 is 0 Å². The predicted octanol–water partition coefficient (Wildman–Crippen LogP) is 6.63. The second-order valence-electron chi connectivity index (χ2n) is 7.98. The van der Waals surface area contributed by atoms with E-state index in [9.17, 15) is 4.79 Å². The van der Waals surface area contributed by atoms with Crippen molar-refractivity contribution in [3.8, 4) is 17.3 Å². The molecule has 2 heterocycles. The number of ether oxygens (including phenoxy) is 1. The minimum atomic E-state index is -0.279. The Morgan fingerprint density at radius 3 is 2.76 bits per heavy atom. The smallest absolute Gasteiger partial charge is 0.282 e. The van der Waals surface area contributed by atoms with Gasteiger partial charge < -0.3 is 9.15 Å². The molecule has 0 radical (unpaired) electrons. The lowest BCUT2D eigenvalue weighted by molar-refractivity contribution is 0.217. The van der Waals surface area contributed by atoms with Crippen LogP contribution in [-0.2, 0) is 0 Å². The molecule has 0 amide bonds. The average molecular weight is 516 g/mol. The molecule has 0 saturated carbocycles. The van der Waals surface area contributed by atoms with Gasteiger partial charge in [0.25, 0.3) is 5.56 Å². The predicted molar refractivity (Wildman–Crippen MR) is 139 cm³/mol. The van der Waals surface area contributed by atoms with Gasteiger partial charge >= 0.3 is 0 Å². The zero-order chi connectivity index (χ0) is 23.7. The molecule has 5 rings (SSSR count). The lowest BCUT2D eigenvalue weighted by Gasteiger charge is -2.14. The molecule has 5 aromatic rings. The summed E-state index contributed by atoms with van der Waals surface area (Å²) in [6, 6.07) is 22.4. The SMILES string of the molecule is CC[C@@H](C)Oc1ccccc1C=Nn1c(-c2cc3cc(Br)ccc3o2)nc2ccccc2c1=O. The van der Waals surface area contributed by atoms with Gasteiger partial charge in [0.15, 0.2) is 5.76 Å². The van der Waals surface area contributed by atoms with E-state index in [1.807, 2.05) is 73.7 Å². The topological polar surface area (TPSA) is 69.6 Å². The van der Waals surface area contributed by atoms with Crippen molar-refractivity contribution in [1.82, 2.24) is 9.66 Å². The van der Waals surface area contributed by atoms with Crippen molar-refractivity contribution in [2.24, 2.45) is 5.10 Å². The van der Waals surface area contributed by atoms with Crippen molar-refractivity contribution < 1.29 is 9.15 Å². The molecule has 0 N–H and O–H groups in total. The standard InChI is InChI=1S/C27H22BrN3O3/c1-3-17(2)33-23-11-7-4-8-18(23)16-29-31-26(30-22-10-6-5-9-21(22)27(31)32)25-15-19-14-20(28)12-13-24(19)34-25/h4-17H,3H2,1-2H3/t17-/m1/s1. The highest BCUT2D eigenvalue weighted by atomic mass is 79.9. The Labute approximate surface area is 204 Å². The summed E-state index contributed by atoms with van der Waals surface area (Å²) in [6.45, 7) is 4.09. The van der Waals surface area contributed by atoms with Crippen molar-refractivity contribution >= 4 is 44.0 Å². The highest BCUT2D eigenvalue weighted by Crippen LogP contribution is 2.29. The van der Waals surface area contributed by atoms with Gasteiger partial charge in [0.05, 0.1) is 23.2 Å². The van der Waals surface area contributed by atoms with Crippen LogP contribution in [0.2, 0.25) is 0 Å². The first kappa shape index (κ1) is 22.1. The molecule has 170 valence electrons. The quantitative estimate of drug-likeness (QED) is 0.238. The van der Waals surface area contributed by atoms with Gasteiger partial charge in [-0.25, -0.2) is 4.98 Å². The minimum Gasteiger partial charge on any atom is -0.490 e. The normalized spacial score (nSPS) is 12.6. The zero-order valence-electron chi connectivity index (χ0n) is 18.7. The van der Waals surface area contributed by atoms with E-state index in [0.717, 1.165) is 21.8 Å². The number of furan rings is 1. The molecule has 0 fully saturated rings. The number of fused-ring (bicyclic) bond motifs is 2. The van der Waals surface area contributed by atoms with Crippen molar-refractivity contribution in [1.29, 1.82) is 0 Å². The minimum absolute atomic E-state index is 0.0602. The number of hydrogen-bond acceptors (Lipinski definition) is 5. The van der Waals surface area contributed by atoms with Gasteiger partial charge in [-0.1, -0.05) is 47.1 Å². The first-order chi connectivity index (χ1) is 16.5. The summed E-state index contributed by atoms with van der Waals surface area (Å²) in [5, 5.41) is 5.93. The Kier molecular flexibility index (Phi) is 6.02. The fraction of sp³-hybridized carbons (Fsp3) is 0.148. The summed E-state index contributed by atoms with van der Waals surface area (Å²) in [7, 11) is 0. The maximum atomic E-state index is 13.5. The third kappa shape index (κ3) is 4.26. The Balaban J connectivity index is 1.68. The van der Waals surface area contributed by atoms with Crippen LogP contribution in [0.15, 0.2) is 91.6 Å². The van der Waals surface area contributed by atoms with Crippen LogP contribution in [0.25, 0.3) is 33.5 Å². The van der Waals surface area contributed by atoms with Crippen LogP contribution in [0.3, 0.4) is 0 Å². The van der Waals surface area contributed by atoms with E-state index in [4.69, 9.17) is 14.1 Å². The molecule has 7 heteroatoms. The third-order valence-electron chi connectivity index (χ3n) is 5.59. The van der Waals surface area contributed by atoms with E-state index in [2.05, 4.69) is 28.0 Å². The van der Waals surface area contributed by atoms with Crippen LogP contribution in [0, 0.1) is 0 Å². The number of nitrogens with zero attached hydrogens (tertiary/aromatic N) is 3. The summed E-state index contributed by atoms with van der Waals surface area (Å²) in [6.07, 6.45) is 2.56. The van der Waals surface area contributed by atoms with Gasteiger partial charge in [-0.3, -0.25) is 4.79 Å². The van der Waals surface area contributed by atoms with Crippen molar-refractivity contribution in [3.63, 3.8) is 0 Å². The second-order valence-corrected chi connectivity index (χ2v) is 8.90. The summed E-state index contributed by atoms with van der Waals surface area (Å²) >= 11 is 3.49. The van der Waals surface area contributed by atoms with Crippen molar-refractivity contribution in [3.05, 3.63) is 93.2 Å². The number of rotatable bonds is 6. The molecule has 0 aliphatic carbocycles. The van der Waals surface area contributed by atoms with Crippen LogP contribution >= 0.6 is 15.9 Å². The highest BCUT2D eigenvalue weighted by Gasteiger charge is 2.17. The molecular formula is C27H22BrN3O3. The lowest BCUT2D eigenvalue weighted by atomic mass is 10.2. The molecule has 2 aromatic heterocycles. The van der Waals surface area contributed by atoms with Crippen LogP contribution < -0.4 is 10.3 Å². The Morgan fingerprint density at radius 1 is 1.12 bits per heavy atom. The average Bonchev–Trinajstić information content (AvgIpc) is 3.27. The molecule has 34 heavy (non-hydrogen) atoms. The maximum absolute atomic E-state index is 13.5. The molecule has 0 saturated heterocycles. The molecule has 0 spiro atoms. The number of benzene rings is 3. The van der Waals surface area contributed by atoms with Gasteiger partial charge in [0.1, 0.15) is 11.3 Å². The number of halogens is 1. The zero-order valence-corrected chi connectivity index (χ0v) is 20.3. The summed E-state index contributed by atoms with van der Waals surface area (Å²) in [5.74, 6) is 1.49. The third-order valence-corrected chi connectivity index (χ3v) is 6.08. The molecule has 1 atom stereocenters. The molecular weight excluding hydrogens is 494 g/mol. The first-order valence-corrected chi connectivity index (χ1v) is 11.8. The van der Waals surface area contributed by atoms with Gasteiger partial charge in [-0.05, 0) is 61.9 Å². The second kappa shape index (κ2) is 9.27. The van der Waals surface area contributed by atoms with Crippen molar-refractivity contribution in [2.75, 3.05) is 0 Å². The number of aromatic nitrogens is 2. The van der Waals surface area contributed by atoms with Crippen LogP contribution in [-0.4, -0.2) is 22.0 Å². The maximum Gasteiger partial charge on any atom is 0.282 e. The fourth-order valence-corrected chi connectivity index (χ4v) is 4.01. The van der Waals surface area contributed by atoms with Gasteiger partial charge in [0.2, 0.25) is 5.82 Å². The largest absolute Gasteiger partial charge is 0.490 e. The highest BCUT2D eigenvalue weighted by molar-refractivity contribution is 9.10. The molecule has 3 aromatic carbocycles. The monoisotopic (exact) mass is 515 g/mol. The molecule has 0 aliphatic rings. The fourth-order valence-electron chi connectivity index (χ4n) is 3.63. The van der Waals surface area contributed by atoms with Crippen LogP contribution in [0.5, 0.6) is 5.75 Å². The van der Waals surface area contributed by atoms with Crippen LogP contribution in [0.4, 0.5) is 0 Å². The molecule has 0 bridgehead atoms. The molecule has 0 unspecified atom stereocenters. The van der Waals surface area contributed by atoms with E-state index in [1.165, 1.54) is 4.68 Å². The van der Waals surface area contributed by atoms with E-state index >= 15 is 0 Å². The Bertz CT molecular complexity index is 1590. The lowest BCUT2D eigenvalue weighted by Crippen LogP contribution is -2.20. The molecule has 6 nitrogen and oxygen atoms in total. The van der Waals surface area contributed by atoms with E-state index in [0.29, 0.717) is 33.8 Å². The first-order valence-electron chi connectivity index (χ1n) is 11.0. The Morgan fingerprint density at radius 2 is 1.91 bits per heavy atom. The Hall–Kier alpha value is -3.71. The summed E-state index contributed by atoms with van der Waals surface area (Å²) < 4.78 is 14.3. The number of para-hydroxylation sites is 2. The molecule has 0 aliphatic heterocycles. The van der Waals surface area contributed by atoms with Gasteiger partial charge in [-0.2, -0.15) is 9.78 Å². The summed E-state index contributed by atoms with van der Waals surface area (Å²) in [5.41, 5.74) is 1.76. The van der Waals surface area contributed by atoms with E-state index in [-0.39, 0.29) is 11.7 Å². The summed E-state index contributed by atoms with van der Waals surface area (Å²) in [4.78, 5) is 18.2. The van der Waals surface area contributed by atoms with Crippen molar-refractivity contribution in [2.45, 2.75) is 26.4 Å².